The number of carboxylic acid groups (broad SMARTS) is 1. The molecular formula is C29H44O4. The summed E-state index contributed by atoms with van der Waals surface area (Å²) in [6.07, 6.45) is 9.26. The van der Waals surface area contributed by atoms with Crippen molar-refractivity contribution >= 4 is 11.8 Å². The number of carboxylic acids is 1. The molecule has 0 unspecified atom stereocenters. The lowest BCUT2D eigenvalue weighted by molar-refractivity contribution is -0.172. The Morgan fingerprint density at radius 3 is 2.21 bits per heavy atom. The van der Waals surface area contributed by atoms with Crippen LogP contribution in [0.2, 0.25) is 0 Å². The molecule has 5 aliphatic rings. The number of aliphatic hydroxyl groups is 1. The van der Waals surface area contributed by atoms with E-state index in [1.54, 1.807) is 0 Å². The number of hydrogen-bond acceptors (Lipinski definition) is 3. The second-order valence-corrected chi connectivity index (χ2v) is 14.4. The van der Waals surface area contributed by atoms with Crippen molar-refractivity contribution in [2.24, 2.45) is 50.2 Å². The third-order valence-corrected chi connectivity index (χ3v) is 12.9. The summed E-state index contributed by atoms with van der Waals surface area (Å²) < 4.78 is 0. The van der Waals surface area contributed by atoms with E-state index in [2.05, 4.69) is 33.8 Å². The first kappa shape index (κ1) is 23.6. The molecule has 0 heterocycles. The SMILES string of the molecule is CC1(C)C(=O)[C@H](O)[C@]2(C)[C@H]3CC=C4[C@@H]5C[C@@](C)(C(=O)O)CC[C@]5(C)CC[C@@]4(C)[C@]3(C)CC[C@@H]12. The molecule has 4 nitrogen and oxygen atoms in total. The van der Waals surface area contributed by atoms with Crippen LogP contribution in [0.5, 0.6) is 0 Å². The van der Waals surface area contributed by atoms with Crippen LogP contribution < -0.4 is 0 Å². The summed E-state index contributed by atoms with van der Waals surface area (Å²) in [6.45, 7) is 15.5. The van der Waals surface area contributed by atoms with E-state index in [4.69, 9.17) is 0 Å². The molecule has 5 aliphatic carbocycles. The minimum absolute atomic E-state index is 0.00240. The molecule has 0 spiro atoms. The van der Waals surface area contributed by atoms with Crippen molar-refractivity contribution in [2.45, 2.75) is 106 Å². The minimum Gasteiger partial charge on any atom is -0.481 e. The van der Waals surface area contributed by atoms with Gasteiger partial charge in [-0.3, -0.25) is 9.59 Å². The quantitative estimate of drug-likeness (QED) is 0.473. The maximum Gasteiger partial charge on any atom is 0.309 e. The van der Waals surface area contributed by atoms with Gasteiger partial charge in [0.2, 0.25) is 0 Å². The highest BCUT2D eigenvalue weighted by Gasteiger charge is 2.72. The van der Waals surface area contributed by atoms with Crippen LogP contribution in [0.4, 0.5) is 0 Å². The molecule has 0 aromatic rings. The van der Waals surface area contributed by atoms with Crippen molar-refractivity contribution in [2.75, 3.05) is 0 Å². The molecule has 4 fully saturated rings. The predicted octanol–water partition coefficient (Wildman–Crippen LogP) is 6.02. The molecule has 33 heavy (non-hydrogen) atoms. The molecule has 0 aliphatic heterocycles. The average molecular weight is 457 g/mol. The van der Waals surface area contributed by atoms with E-state index in [0.29, 0.717) is 5.92 Å². The van der Waals surface area contributed by atoms with Gasteiger partial charge in [0, 0.05) is 10.8 Å². The van der Waals surface area contributed by atoms with E-state index in [0.717, 1.165) is 51.4 Å². The van der Waals surface area contributed by atoms with E-state index in [-0.39, 0.29) is 33.9 Å². The van der Waals surface area contributed by atoms with Crippen LogP contribution in [0.1, 0.15) is 99.8 Å². The van der Waals surface area contributed by atoms with Gasteiger partial charge in [-0.15, -0.1) is 0 Å². The summed E-state index contributed by atoms with van der Waals surface area (Å²) >= 11 is 0. The van der Waals surface area contributed by atoms with Gasteiger partial charge in [-0.1, -0.05) is 53.2 Å². The van der Waals surface area contributed by atoms with Crippen LogP contribution in [-0.2, 0) is 9.59 Å². The Balaban J connectivity index is 1.61. The van der Waals surface area contributed by atoms with Gasteiger partial charge in [-0.2, -0.15) is 0 Å². The van der Waals surface area contributed by atoms with Crippen molar-refractivity contribution in [3.05, 3.63) is 11.6 Å². The Hall–Kier alpha value is -1.16. The summed E-state index contributed by atoms with van der Waals surface area (Å²) in [4.78, 5) is 25.4. The lowest BCUT2D eigenvalue weighted by Gasteiger charge is -2.68. The number of carbonyl (C=O) groups is 2. The first-order chi connectivity index (χ1) is 15.1. The molecule has 4 saturated carbocycles. The van der Waals surface area contributed by atoms with Gasteiger partial charge in [-0.05, 0) is 92.3 Å². The fourth-order valence-electron chi connectivity index (χ4n) is 10.2. The van der Waals surface area contributed by atoms with Gasteiger partial charge in [0.15, 0.2) is 5.78 Å². The van der Waals surface area contributed by atoms with Crippen LogP contribution in [-0.4, -0.2) is 28.1 Å². The lowest BCUT2D eigenvalue weighted by Crippen LogP contribution is -2.62. The van der Waals surface area contributed by atoms with Gasteiger partial charge < -0.3 is 10.2 Å². The molecule has 0 aromatic carbocycles. The molecule has 0 amide bonds. The number of hydrogen-bond donors (Lipinski definition) is 2. The average Bonchev–Trinajstić information content (AvgIpc) is 2.87. The molecule has 2 N–H and O–H groups in total. The topological polar surface area (TPSA) is 74.6 Å². The number of aliphatic carboxylic acids is 1. The van der Waals surface area contributed by atoms with Crippen LogP contribution in [0.3, 0.4) is 0 Å². The van der Waals surface area contributed by atoms with Crippen molar-refractivity contribution < 1.29 is 19.8 Å². The van der Waals surface area contributed by atoms with Crippen molar-refractivity contribution in [3.63, 3.8) is 0 Å². The molecule has 0 saturated heterocycles. The number of rotatable bonds is 1. The predicted molar refractivity (Wildman–Crippen MR) is 128 cm³/mol. The van der Waals surface area contributed by atoms with E-state index < -0.39 is 28.3 Å². The Morgan fingerprint density at radius 1 is 0.939 bits per heavy atom. The maximum absolute atomic E-state index is 13.2. The van der Waals surface area contributed by atoms with Crippen LogP contribution in [0.15, 0.2) is 11.6 Å². The fourth-order valence-corrected chi connectivity index (χ4v) is 10.2. The van der Waals surface area contributed by atoms with Crippen LogP contribution in [0, 0.1) is 50.2 Å². The van der Waals surface area contributed by atoms with Gasteiger partial charge in [0.25, 0.3) is 0 Å². The summed E-state index contributed by atoms with van der Waals surface area (Å²) in [7, 11) is 0. The third-order valence-electron chi connectivity index (χ3n) is 12.9. The molecular weight excluding hydrogens is 412 g/mol. The highest BCUT2D eigenvalue weighted by molar-refractivity contribution is 5.92. The second kappa shape index (κ2) is 6.53. The monoisotopic (exact) mass is 456 g/mol. The normalized spacial score (nSPS) is 55.0. The summed E-state index contributed by atoms with van der Waals surface area (Å²) in [5, 5.41) is 21.4. The first-order valence-electron chi connectivity index (χ1n) is 13.2. The summed E-state index contributed by atoms with van der Waals surface area (Å²) in [6, 6.07) is 0. The van der Waals surface area contributed by atoms with E-state index in [9.17, 15) is 19.8 Å². The molecule has 4 heteroatoms. The number of Topliss-reactive ketones (excluding diaryl/α,β-unsaturated/α-hetero) is 1. The molecule has 184 valence electrons. The molecule has 9 atom stereocenters. The maximum atomic E-state index is 13.2. The summed E-state index contributed by atoms with van der Waals surface area (Å²) in [5.74, 6) is 0.154. The number of carbonyl (C=O) groups excluding carboxylic acids is 1. The number of fused-ring (bicyclic) bond motifs is 7. The zero-order chi connectivity index (χ0) is 24.4. The minimum atomic E-state index is -0.889. The Morgan fingerprint density at radius 2 is 1.58 bits per heavy atom. The van der Waals surface area contributed by atoms with E-state index in [1.165, 1.54) is 5.57 Å². The standard InChI is InChI=1S/C29H44O4/c1-24(2)19-10-11-28(6)20(29(19,7)22(31)21(24)30)9-8-17-18-16-26(4,23(32)33)13-12-25(18,3)14-15-27(17,28)5/h8,18-20,22,31H,9-16H2,1-7H3,(H,32,33)/t18-,19-,20-,22-,25+,26-,27+,28+,29-/m0/s1. The smallest absolute Gasteiger partial charge is 0.309 e. The largest absolute Gasteiger partial charge is 0.481 e. The lowest BCUT2D eigenvalue weighted by atomic mass is 9.35. The van der Waals surface area contributed by atoms with E-state index in [1.807, 2.05) is 20.8 Å². The Labute approximate surface area is 199 Å². The highest BCUT2D eigenvalue weighted by atomic mass is 16.4. The zero-order valence-electron chi connectivity index (χ0n) is 21.8. The van der Waals surface area contributed by atoms with Crippen molar-refractivity contribution in [3.8, 4) is 0 Å². The zero-order valence-corrected chi connectivity index (χ0v) is 21.8. The van der Waals surface area contributed by atoms with Gasteiger partial charge >= 0.3 is 5.97 Å². The Bertz CT molecular complexity index is 949. The van der Waals surface area contributed by atoms with Gasteiger partial charge in [0.1, 0.15) is 6.10 Å². The number of aliphatic hydroxyl groups excluding tert-OH is 1. The van der Waals surface area contributed by atoms with Gasteiger partial charge in [-0.25, -0.2) is 0 Å². The highest BCUT2D eigenvalue weighted by Crippen LogP contribution is 2.76. The number of allylic oxidation sites excluding steroid dienone is 2. The molecule has 0 bridgehead atoms. The van der Waals surface area contributed by atoms with E-state index >= 15 is 0 Å². The van der Waals surface area contributed by atoms with Gasteiger partial charge in [0.05, 0.1) is 5.41 Å². The molecule has 0 aromatic heterocycles. The molecule has 5 rings (SSSR count). The van der Waals surface area contributed by atoms with Crippen LogP contribution >= 0.6 is 0 Å². The molecule has 0 radical (unpaired) electrons. The number of ketones is 1. The van der Waals surface area contributed by atoms with Crippen molar-refractivity contribution in [1.29, 1.82) is 0 Å². The van der Waals surface area contributed by atoms with Crippen LogP contribution in [0.25, 0.3) is 0 Å². The second-order valence-electron chi connectivity index (χ2n) is 14.4. The third kappa shape index (κ3) is 2.57. The summed E-state index contributed by atoms with van der Waals surface area (Å²) in [5.41, 5.74) is 0.142. The van der Waals surface area contributed by atoms with Crippen molar-refractivity contribution in [1.82, 2.24) is 0 Å². The Kier molecular flexibility index (Phi) is 4.67. The fraction of sp³-hybridized carbons (Fsp3) is 0.862. The first-order valence-corrected chi connectivity index (χ1v) is 13.2.